The van der Waals surface area contributed by atoms with Gasteiger partial charge in [0.15, 0.2) is 0 Å². The number of benzene rings is 1. The fraction of sp³-hybridized carbons (Fsp3) is 0.267. The Balaban J connectivity index is 2.63. The minimum absolute atomic E-state index is 0.168. The third-order valence-electron chi connectivity index (χ3n) is 2.36. The van der Waals surface area contributed by atoms with Crippen LogP contribution < -0.4 is 0 Å². The minimum Gasteiger partial charge on any atom is -0.458 e. The van der Waals surface area contributed by atoms with Gasteiger partial charge in [-0.05, 0) is 12.5 Å². The second-order valence-corrected chi connectivity index (χ2v) is 4.02. The molecular formula is C15H18O2. The van der Waals surface area contributed by atoms with E-state index in [1.807, 2.05) is 30.3 Å². The first-order valence-electron chi connectivity index (χ1n) is 5.64. The predicted octanol–water partition coefficient (Wildman–Crippen LogP) is 3.29. The number of carbonyl (C=O) groups excluding carboxylic acids is 1. The lowest BCUT2D eigenvalue weighted by Gasteiger charge is -2.16. The van der Waals surface area contributed by atoms with E-state index in [4.69, 9.17) is 4.74 Å². The summed E-state index contributed by atoms with van der Waals surface area (Å²) in [6.07, 6.45) is 2.94. The van der Waals surface area contributed by atoms with Gasteiger partial charge in [0.25, 0.3) is 0 Å². The molecule has 0 N–H and O–H groups in total. The van der Waals surface area contributed by atoms with E-state index in [0.717, 1.165) is 5.56 Å². The van der Waals surface area contributed by atoms with E-state index < -0.39 is 0 Å². The maximum Gasteiger partial charge on any atom is 0.333 e. The van der Waals surface area contributed by atoms with E-state index >= 15 is 0 Å². The summed E-state index contributed by atoms with van der Waals surface area (Å²) in [5.41, 5.74) is 1.57. The van der Waals surface area contributed by atoms with Crippen LogP contribution in [-0.2, 0) is 16.0 Å². The fourth-order valence-electron chi connectivity index (χ4n) is 1.49. The second-order valence-electron chi connectivity index (χ2n) is 4.02. The summed E-state index contributed by atoms with van der Waals surface area (Å²) in [4.78, 5) is 11.5. The van der Waals surface area contributed by atoms with E-state index in [-0.39, 0.29) is 12.1 Å². The van der Waals surface area contributed by atoms with Crippen molar-refractivity contribution in [1.82, 2.24) is 0 Å². The van der Waals surface area contributed by atoms with Gasteiger partial charge in [0, 0.05) is 18.4 Å². The predicted molar refractivity (Wildman–Crippen MR) is 69.7 cm³/mol. The van der Waals surface area contributed by atoms with Crippen LogP contribution in [-0.4, -0.2) is 12.1 Å². The Bertz CT molecular complexity index is 393. The van der Waals surface area contributed by atoms with Gasteiger partial charge < -0.3 is 4.74 Å². The highest BCUT2D eigenvalue weighted by Crippen LogP contribution is 2.11. The van der Waals surface area contributed by atoms with Crippen LogP contribution in [0.25, 0.3) is 0 Å². The number of hydrogen-bond donors (Lipinski definition) is 0. The Morgan fingerprint density at radius 2 is 2.06 bits per heavy atom. The molecule has 0 spiro atoms. The molecule has 0 amide bonds. The number of carbonyl (C=O) groups is 1. The van der Waals surface area contributed by atoms with E-state index in [2.05, 4.69) is 13.2 Å². The average Bonchev–Trinajstić information content (AvgIpc) is 2.30. The summed E-state index contributed by atoms with van der Waals surface area (Å²) in [5.74, 6) is -0.340. The quantitative estimate of drug-likeness (QED) is 0.426. The zero-order chi connectivity index (χ0) is 12.7. The first-order valence-corrected chi connectivity index (χ1v) is 5.64. The van der Waals surface area contributed by atoms with Gasteiger partial charge in [-0.15, -0.1) is 6.58 Å². The van der Waals surface area contributed by atoms with Crippen LogP contribution in [0.2, 0.25) is 0 Å². The van der Waals surface area contributed by atoms with Crippen molar-refractivity contribution in [2.75, 3.05) is 0 Å². The first-order chi connectivity index (χ1) is 8.13. The largest absolute Gasteiger partial charge is 0.458 e. The van der Waals surface area contributed by atoms with Gasteiger partial charge in [0.2, 0.25) is 0 Å². The standard InChI is InChI=1S/C15H18O2/c1-4-8-14(17-15(16)12(2)3)11-13-9-6-5-7-10-13/h4-7,9-10,14H,1-2,8,11H2,3H3. The molecule has 0 radical (unpaired) electrons. The summed E-state index contributed by atoms with van der Waals surface area (Å²) in [6, 6.07) is 9.95. The van der Waals surface area contributed by atoms with Gasteiger partial charge in [-0.2, -0.15) is 0 Å². The van der Waals surface area contributed by atoms with Crippen molar-refractivity contribution in [2.45, 2.75) is 25.9 Å². The van der Waals surface area contributed by atoms with E-state index in [1.165, 1.54) is 0 Å². The van der Waals surface area contributed by atoms with Gasteiger partial charge in [-0.25, -0.2) is 4.79 Å². The Morgan fingerprint density at radius 1 is 1.41 bits per heavy atom. The van der Waals surface area contributed by atoms with Crippen molar-refractivity contribution in [2.24, 2.45) is 0 Å². The van der Waals surface area contributed by atoms with E-state index in [0.29, 0.717) is 18.4 Å². The Morgan fingerprint density at radius 3 is 2.59 bits per heavy atom. The van der Waals surface area contributed by atoms with Crippen LogP contribution in [0.15, 0.2) is 55.1 Å². The highest BCUT2D eigenvalue weighted by Gasteiger charge is 2.14. The molecule has 2 nitrogen and oxygen atoms in total. The lowest BCUT2D eigenvalue weighted by Crippen LogP contribution is -2.20. The molecular weight excluding hydrogens is 212 g/mol. The molecule has 17 heavy (non-hydrogen) atoms. The Kier molecular flexibility index (Phi) is 5.21. The molecule has 0 aromatic heterocycles. The Labute approximate surface area is 103 Å². The molecule has 0 fully saturated rings. The van der Waals surface area contributed by atoms with Crippen molar-refractivity contribution in [3.63, 3.8) is 0 Å². The van der Waals surface area contributed by atoms with Gasteiger partial charge in [0.1, 0.15) is 6.10 Å². The van der Waals surface area contributed by atoms with Crippen molar-refractivity contribution >= 4 is 5.97 Å². The van der Waals surface area contributed by atoms with Crippen LogP contribution in [0.1, 0.15) is 18.9 Å². The third kappa shape index (κ3) is 4.68. The molecule has 0 bridgehead atoms. The molecule has 0 saturated carbocycles. The smallest absolute Gasteiger partial charge is 0.333 e. The Hall–Kier alpha value is -1.83. The number of ether oxygens (including phenoxy) is 1. The second kappa shape index (κ2) is 6.69. The number of esters is 1. The van der Waals surface area contributed by atoms with Gasteiger partial charge in [-0.3, -0.25) is 0 Å². The summed E-state index contributed by atoms with van der Waals surface area (Å²) >= 11 is 0. The molecule has 2 heteroatoms. The lowest BCUT2D eigenvalue weighted by atomic mass is 10.1. The average molecular weight is 230 g/mol. The van der Waals surface area contributed by atoms with Gasteiger partial charge in [-0.1, -0.05) is 43.0 Å². The molecule has 0 aliphatic heterocycles. The number of hydrogen-bond acceptors (Lipinski definition) is 2. The summed E-state index contributed by atoms with van der Waals surface area (Å²) < 4.78 is 5.35. The zero-order valence-electron chi connectivity index (χ0n) is 10.2. The molecule has 1 unspecified atom stereocenters. The van der Waals surface area contributed by atoms with Gasteiger partial charge in [0.05, 0.1) is 0 Å². The fourth-order valence-corrected chi connectivity index (χ4v) is 1.49. The van der Waals surface area contributed by atoms with Crippen molar-refractivity contribution in [3.05, 3.63) is 60.7 Å². The lowest BCUT2D eigenvalue weighted by molar-refractivity contribution is -0.143. The maximum atomic E-state index is 11.5. The van der Waals surface area contributed by atoms with Crippen LogP contribution in [0.5, 0.6) is 0 Å². The maximum absolute atomic E-state index is 11.5. The molecule has 1 aromatic rings. The topological polar surface area (TPSA) is 26.3 Å². The van der Waals surface area contributed by atoms with Gasteiger partial charge >= 0.3 is 5.97 Å². The monoisotopic (exact) mass is 230 g/mol. The van der Waals surface area contributed by atoms with E-state index in [1.54, 1.807) is 13.0 Å². The molecule has 0 aliphatic rings. The summed E-state index contributed by atoms with van der Waals surface area (Å²) in [7, 11) is 0. The summed E-state index contributed by atoms with van der Waals surface area (Å²) in [6.45, 7) is 8.90. The normalized spacial score (nSPS) is 11.6. The first kappa shape index (κ1) is 13.2. The number of rotatable bonds is 6. The summed E-state index contributed by atoms with van der Waals surface area (Å²) in [5, 5.41) is 0. The molecule has 1 aromatic carbocycles. The van der Waals surface area contributed by atoms with Crippen LogP contribution in [0.3, 0.4) is 0 Å². The van der Waals surface area contributed by atoms with Crippen LogP contribution in [0.4, 0.5) is 0 Å². The highest BCUT2D eigenvalue weighted by atomic mass is 16.5. The SMILES string of the molecule is C=CCC(Cc1ccccc1)OC(=O)C(=C)C. The minimum atomic E-state index is -0.340. The molecule has 90 valence electrons. The molecule has 0 heterocycles. The van der Waals surface area contributed by atoms with Crippen molar-refractivity contribution < 1.29 is 9.53 Å². The van der Waals surface area contributed by atoms with E-state index in [9.17, 15) is 4.79 Å². The van der Waals surface area contributed by atoms with Crippen molar-refractivity contribution in [3.8, 4) is 0 Å². The van der Waals surface area contributed by atoms with Crippen molar-refractivity contribution in [1.29, 1.82) is 0 Å². The molecule has 1 rings (SSSR count). The highest BCUT2D eigenvalue weighted by molar-refractivity contribution is 5.87. The molecule has 0 aliphatic carbocycles. The zero-order valence-corrected chi connectivity index (χ0v) is 10.2. The molecule has 0 saturated heterocycles. The molecule has 1 atom stereocenters. The third-order valence-corrected chi connectivity index (χ3v) is 2.36. The van der Waals surface area contributed by atoms with Crippen LogP contribution >= 0.6 is 0 Å². The van der Waals surface area contributed by atoms with Crippen LogP contribution in [0, 0.1) is 0 Å².